The number of nitrogens with zero attached hydrogens (tertiary/aromatic N) is 2. The van der Waals surface area contributed by atoms with Crippen molar-refractivity contribution in [3.05, 3.63) is 40.3 Å². The second kappa shape index (κ2) is 7.15. The molecule has 0 aliphatic heterocycles. The van der Waals surface area contributed by atoms with Gasteiger partial charge in [-0.05, 0) is 30.5 Å². The van der Waals surface area contributed by atoms with E-state index in [2.05, 4.69) is 15.3 Å². The number of rotatable bonds is 4. The lowest BCUT2D eigenvalue weighted by Crippen LogP contribution is -2.29. The number of anilines is 2. The van der Waals surface area contributed by atoms with Gasteiger partial charge in [0, 0.05) is 35.4 Å². The number of hydrogen-bond donors (Lipinski definition) is 2. The fraction of sp³-hybridized carbons (Fsp3) is 0.350. The van der Waals surface area contributed by atoms with Crippen LogP contribution in [-0.4, -0.2) is 28.8 Å². The number of benzene rings is 1. The minimum absolute atomic E-state index is 0.0621. The fourth-order valence-corrected chi connectivity index (χ4v) is 3.35. The van der Waals surface area contributed by atoms with Gasteiger partial charge in [-0.1, -0.05) is 26.8 Å². The number of aromatic amines is 1. The lowest BCUT2D eigenvalue weighted by Gasteiger charge is -2.23. The highest BCUT2D eigenvalue weighted by molar-refractivity contribution is 7.09. The number of amides is 2. The summed E-state index contributed by atoms with van der Waals surface area (Å²) in [5.41, 5.74) is 2.01. The monoisotopic (exact) mass is 384 g/mol. The van der Waals surface area contributed by atoms with E-state index >= 15 is 0 Å². The molecule has 0 unspecified atom stereocenters. The molecule has 0 saturated heterocycles. The number of thiazole rings is 1. The van der Waals surface area contributed by atoms with E-state index in [9.17, 15) is 9.59 Å². The maximum absolute atomic E-state index is 12.5. The van der Waals surface area contributed by atoms with Gasteiger partial charge in [0.1, 0.15) is 11.5 Å². The van der Waals surface area contributed by atoms with Crippen molar-refractivity contribution in [3.63, 3.8) is 0 Å². The predicted molar refractivity (Wildman–Crippen MR) is 111 cm³/mol. The van der Waals surface area contributed by atoms with E-state index in [-0.39, 0.29) is 17.2 Å². The molecule has 0 aliphatic rings. The van der Waals surface area contributed by atoms with Crippen molar-refractivity contribution in [3.8, 4) is 0 Å². The summed E-state index contributed by atoms with van der Waals surface area (Å²) < 4.78 is 0. The number of fused-ring (bicyclic) bond motifs is 1. The summed E-state index contributed by atoms with van der Waals surface area (Å²) in [7, 11) is 1.78. The molecule has 3 rings (SSSR count). The van der Waals surface area contributed by atoms with E-state index in [1.54, 1.807) is 17.3 Å². The summed E-state index contributed by atoms with van der Waals surface area (Å²) in [6.45, 7) is 8.01. The Morgan fingerprint density at radius 1 is 1.26 bits per heavy atom. The minimum atomic E-state index is -0.247. The van der Waals surface area contributed by atoms with Crippen LogP contribution < -0.4 is 10.2 Å². The largest absolute Gasteiger partial charge is 0.341 e. The molecule has 0 fully saturated rings. The van der Waals surface area contributed by atoms with E-state index in [1.807, 2.05) is 52.0 Å². The number of carbonyl (C=O) groups excluding carboxylic acids is 2. The molecule has 0 spiro atoms. The van der Waals surface area contributed by atoms with Gasteiger partial charge < -0.3 is 15.2 Å². The maximum Gasteiger partial charge on any atom is 0.276 e. The normalized spacial score (nSPS) is 11.6. The summed E-state index contributed by atoms with van der Waals surface area (Å²) in [4.78, 5) is 33.8. The van der Waals surface area contributed by atoms with Crippen LogP contribution in [-0.2, 0) is 4.79 Å². The van der Waals surface area contributed by atoms with Gasteiger partial charge in [0.05, 0.1) is 5.01 Å². The van der Waals surface area contributed by atoms with Crippen LogP contribution in [0, 0.1) is 12.3 Å². The van der Waals surface area contributed by atoms with Crippen LogP contribution in [0.5, 0.6) is 0 Å². The van der Waals surface area contributed by atoms with Gasteiger partial charge >= 0.3 is 0 Å². The number of carbonyl (C=O) groups is 2. The molecule has 0 bridgehead atoms. The fourth-order valence-electron chi connectivity index (χ4n) is 2.76. The number of H-pyrrole nitrogens is 1. The Hall–Kier alpha value is -2.67. The Morgan fingerprint density at radius 2 is 2.00 bits per heavy atom. The maximum atomic E-state index is 12.5. The quantitative estimate of drug-likeness (QED) is 0.691. The first-order valence-electron chi connectivity index (χ1n) is 8.75. The highest BCUT2D eigenvalue weighted by atomic mass is 32.1. The first-order valence-corrected chi connectivity index (χ1v) is 9.63. The molecule has 27 heavy (non-hydrogen) atoms. The highest BCUT2D eigenvalue weighted by Crippen LogP contribution is 2.26. The van der Waals surface area contributed by atoms with E-state index in [4.69, 9.17) is 0 Å². The van der Waals surface area contributed by atoms with Crippen molar-refractivity contribution < 1.29 is 9.59 Å². The molecule has 2 amide bonds. The van der Waals surface area contributed by atoms with Gasteiger partial charge in [-0.25, -0.2) is 4.98 Å². The molecule has 0 atom stereocenters. The Bertz CT molecular complexity index is 997. The molecule has 6 nitrogen and oxygen atoms in total. The van der Waals surface area contributed by atoms with Crippen molar-refractivity contribution in [2.45, 2.75) is 34.1 Å². The van der Waals surface area contributed by atoms with Gasteiger partial charge in [-0.3, -0.25) is 9.59 Å². The first kappa shape index (κ1) is 19.1. The molecule has 2 heterocycles. The molecular weight excluding hydrogens is 360 g/mol. The van der Waals surface area contributed by atoms with Crippen LogP contribution >= 0.6 is 11.3 Å². The summed E-state index contributed by atoms with van der Waals surface area (Å²) in [5, 5.41) is 6.38. The lowest BCUT2D eigenvalue weighted by atomic mass is 9.91. The average Bonchev–Trinajstić information content (AvgIpc) is 3.17. The minimum Gasteiger partial charge on any atom is -0.341 e. The third kappa shape index (κ3) is 4.54. The van der Waals surface area contributed by atoms with Crippen molar-refractivity contribution >= 4 is 45.6 Å². The highest BCUT2D eigenvalue weighted by Gasteiger charge is 2.20. The van der Waals surface area contributed by atoms with E-state index < -0.39 is 0 Å². The van der Waals surface area contributed by atoms with Gasteiger partial charge in [0.25, 0.3) is 5.91 Å². The number of aromatic nitrogens is 2. The zero-order chi connectivity index (χ0) is 19.8. The van der Waals surface area contributed by atoms with Crippen LogP contribution in [0.4, 0.5) is 11.5 Å². The molecule has 3 aromatic rings. The smallest absolute Gasteiger partial charge is 0.276 e. The van der Waals surface area contributed by atoms with Gasteiger partial charge in [0.15, 0.2) is 0 Å². The second-order valence-electron chi connectivity index (χ2n) is 7.85. The van der Waals surface area contributed by atoms with Crippen LogP contribution in [0.1, 0.15) is 42.7 Å². The number of hydrogen-bond acceptors (Lipinski definition) is 4. The SMILES string of the molecule is Cc1nc(C(=O)Nc2cc3ccc(N(C)C(=O)CC(C)(C)C)cc3[nH]2)cs1. The van der Waals surface area contributed by atoms with Crippen LogP contribution in [0.15, 0.2) is 29.6 Å². The Labute approximate surface area is 162 Å². The van der Waals surface area contributed by atoms with E-state index in [0.717, 1.165) is 21.6 Å². The topological polar surface area (TPSA) is 78.1 Å². The van der Waals surface area contributed by atoms with Gasteiger partial charge in [-0.2, -0.15) is 0 Å². The second-order valence-corrected chi connectivity index (χ2v) is 8.91. The van der Waals surface area contributed by atoms with E-state index in [0.29, 0.717) is 17.9 Å². The Kier molecular flexibility index (Phi) is 5.06. The summed E-state index contributed by atoms with van der Waals surface area (Å²) in [6, 6.07) is 7.63. The van der Waals surface area contributed by atoms with E-state index in [1.165, 1.54) is 11.3 Å². The standard InChI is InChI=1S/C20H24N4O2S/c1-12-21-16(11-27-12)19(26)23-17-8-13-6-7-14(9-15(13)22-17)24(5)18(25)10-20(2,3)4/h6-9,11,22H,10H2,1-5H3,(H,23,26). The van der Waals surface area contributed by atoms with Crippen molar-refractivity contribution in [1.29, 1.82) is 0 Å². The van der Waals surface area contributed by atoms with Crippen LogP contribution in [0.3, 0.4) is 0 Å². The molecule has 142 valence electrons. The Balaban J connectivity index is 1.78. The molecular formula is C20H24N4O2S. The van der Waals surface area contributed by atoms with Crippen molar-refractivity contribution in [2.75, 3.05) is 17.3 Å². The molecule has 0 aliphatic carbocycles. The number of aryl methyl sites for hydroxylation is 1. The lowest BCUT2D eigenvalue weighted by molar-refractivity contribution is -0.120. The van der Waals surface area contributed by atoms with Crippen LogP contribution in [0.2, 0.25) is 0 Å². The summed E-state index contributed by atoms with van der Waals surface area (Å²) in [6.07, 6.45) is 0.473. The molecule has 0 saturated carbocycles. The van der Waals surface area contributed by atoms with Crippen molar-refractivity contribution in [2.24, 2.45) is 5.41 Å². The molecule has 0 radical (unpaired) electrons. The summed E-state index contributed by atoms with van der Waals surface area (Å²) in [5.74, 6) is 0.422. The van der Waals surface area contributed by atoms with Gasteiger partial charge in [0.2, 0.25) is 5.91 Å². The van der Waals surface area contributed by atoms with Gasteiger partial charge in [-0.15, -0.1) is 11.3 Å². The molecule has 2 N–H and O–H groups in total. The zero-order valence-corrected chi connectivity index (χ0v) is 17.0. The number of nitrogens with one attached hydrogen (secondary N) is 2. The predicted octanol–water partition coefficient (Wildman–Crippen LogP) is 4.58. The Morgan fingerprint density at radius 3 is 2.63 bits per heavy atom. The summed E-state index contributed by atoms with van der Waals surface area (Å²) >= 11 is 1.44. The third-order valence-corrected chi connectivity index (χ3v) is 4.92. The third-order valence-electron chi connectivity index (χ3n) is 4.15. The molecule has 2 aromatic heterocycles. The molecule has 7 heteroatoms. The van der Waals surface area contributed by atoms with Crippen LogP contribution in [0.25, 0.3) is 10.9 Å². The average molecular weight is 385 g/mol. The zero-order valence-electron chi connectivity index (χ0n) is 16.2. The molecule has 1 aromatic carbocycles. The first-order chi connectivity index (χ1) is 12.6. The van der Waals surface area contributed by atoms with Crippen molar-refractivity contribution in [1.82, 2.24) is 9.97 Å².